The minimum Gasteiger partial charge on any atom is -0.383 e. The molecule has 2 spiro atoms. The van der Waals surface area contributed by atoms with Gasteiger partial charge in [0, 0.05) is 12.5 Å². The van der Waals surface area contributed by atoms with Gasteiger partial charge >= 0.3 is 6.03 Å². The highest BCUT2D eigenvalue weighted by atomic mass is 16.5. The van der Waals surface area contributed by atoms with Crippen LogP contribution in [-0.4, -0.2) is 37.1 Å². The predicted molar refractivity (Wildman–Crippen MR) is 116 cm³/mol. The van der Waals surface area contributed by atoms with Gasteiger partial charge in [0.2, 0.25) is 0 Å². The average Bonchev–Trinajstić information content (AvgIpc) is 3.10. The number of urea groups is 1. The maximum absolute atomic E-state index is 14.0. The fourth-order valence-corrected chi connectivity index (χ4v) is 5.89. The van der Waals surface area contributed by atoms with E-state index in [2.05, 4.69) is 34.4 Å². The Kier molecular flexibility index (Phi) is 4.60. The van der Waals surface area contributed by atoms with Crippen LogP contribution in [0.4, 0.5) is 10.5 Å². The zero-order valence-electron chi connectivity index (χ0n) is 17.6. The van der Waals surface area contributed by atoms with E-state index in [4.69, 9.17) is 11.3 Å². The first kappa shape index (κ1) is 19.8. The molecule has 1 unspecified atom stereocenters. The second-order valence-electron chi connectivity index (χ2n) is 8.81. The first-order chi connectivity index (χ1) is 15.0. The summed E-state index contributed by atoms with van der Waals surface area (Å²) in [6.45, 7) is 7.98. The molecular weight excluding hydrogens is 390 g/mol. The second kappa shape index (κ2) is 7.21. The van der Waals surface area contributed by atoms with Gasteiger partial charge in [0.15, 0.2) is 11.2 Å². The molecule has 1 fully saturated rings. The number of hydrogen-bond acceptors (Lipinski definition) is 3. The molecule has 0 radical (unpaired) electrons. The van der Waals surface area contributed by atoms with Gasteiger partial charge < -0.3 is 10.1 Å². The van der Waals surface area contributed by atoms with Crippen LogP contribution in [0.5, 0.6) is 0 Å². The zero-order valence-corrected chi connectivity index (χ0v) is 17.6. The highest BCUT2D eigenvalue weighted by Gasteiger charge is 2.67. The number of amides is 3. The number of methoxy groups -OCH3 is 1. The molecule has 0 aromatic heterocycles. The molecule has 2 aromatic carbocycles. The molecule has 2 aliphatic carbocycles. The van der Waals surface area contributed by atoms with Gasteiger partial charge in [-0.15, -0.1) is 0 Å². The van der Waals surface area contributed by atoms with Crippen LogP contribution in [0.15, 0.2) is 42.5 Å². The van der Waals surface area contributed by atoms with Crippen molar-refractivity contribution < 1.29 is 14.3 Å². The lowest BCUT2D eigenvalue weighted by molar-refractivity contribution is -0.137. The number of nitrogens with one attached hydrogen (secondary N) is 1. The standard InChI is InChI=1S/C25H25N3O3/c1-26-20-8-7-19-16-24(11-9-17-5-3-4-6-18(17)10-12-24)25(21(19)15-20)22(29)28(13-14-31-2)23(30)27-25/h3-8,15H,9-14,16H2,2H3,(H,27,30). The van der Waals surface area contributed by atoms with E-state index in [1.54, 1.807) is 7.11 Å². The summed E-state index contributed by atoms with van der Waals surface area (Å²) in [5.41, 5.74) is 3.43. The van der Waals surface area contributed by atoms with Gasteiger partial charge in [-0.3, -0.25) is 9.69 Å². The molecule has 31 heavy (non-hydrogen) atoms. The van der Waals surface area contributed by atoms with Crippen LogP contribution in [0.2, 0.25) is 0 Å². The molecule has 1 aliphatic heterocycles. The summed E-state index contributed by atoms with van der Waals surface area (Å²) in [7, 11) is 1.56. The van der Waals surface area contributed by atoms with Crippen LogP contribution in [0.1, 0.15) is 35.1 Å². The topological polar surface area (TPSA) is 63.0 Å². The lowest BCUT2D eigenvalue weighted by Crippen LogP contribution is -2.55. The molecule has 5 rings (SSSR count). The number of fused-ring (bicyclic) bond motifs is 4. The Balaban J connectivity index is 1.65. The SMILES string of the molecule is [C-]#[N+]c1ccc2c(c1)C1(NC(=O)N(CCOC)C1=O)C1(CCc3ccccc3CC1)C2. The molecule has 3 aliphatic rings. The monoisotopic (exact) mass is 415 g/mol. The molecule has 1 saturated heterocycles. The highest BCUT2D eigenvalue weighted by Crippen LogP contribution is 2.59. The Bertz CT molecular complexity index is 1090. The van der Waals surface area contributed by atoms with Crippen LogP contribution >= 0.6 is 0 Å². The van der Waals surface area contributed by atoms with Crippen molar-refractivity contribution in [3.63, 3.8) is 0 Å². The highest BCUT2D eigenvalue weighted by molar-refractivity contribution is 6.09. The van der Waals surface area contributed by atoms with E-state index in [0.29, 0.717) is 12.3 Å². The number of hydrogen-bond donors (Lipinski definition) is 1. The second-order valence-corrected chi connectivity index (χ2v) is 8.81. The summed E-state index contributed by atoms with van der Waals surface area (Å²) in [6, 6.07) is 13.7. The maximum atomic E-state index is 14.0. The van der Waals surface area contributed by atoms with Crippen molar-refractivity contribution in [2.45, 2.75) is 37.6 Å². The van der Waals surface area contributed by atoms with Crippen molar-refractivity contribution in [3.05, 3.63) is 76.1 Å². The summed E-state index contributed by atoms with van der Waals surface area (Å²) in [6.07, 6.45) is 4.05. The number of carbonyl (C=O) groups excluding carboxylic acids is 2. The molecule has 6 heteroatoms. The minimum atomic E-state index is -1.13. The molecule has 3 amide bonds. The Morgan fingerprint density at radius 1 is 1.10 bits per heavy atom. The van der Waals surface area contributed by atoms with Gasteiger partial charge in [-0.25, -0.2) is 9.64 Å². The fraction of sp³-hybridized carbons (Fsp3) is 0.400. The number of imide groups is 1. The van der Waals surface area contributed by atoms with Crippen LogP contribution in [0.3, 0.4) is 0 Å². The summed E-state index contributed by atoms with van der Waals surface area (Å²) < 4.78 is 5.14. The summed E-state index contributed by atoms with van der Waals surface area (Å²) >= 11 is 0. The van der Waals surface area contributed by atoms with Gasteiger partial charge in [0.1, 0.15) is 0 Å². The first-order valence-electron chi connectivity index (χ1n) is 10.8. The van der Waals surface area contributed by atoms with E-state index in [-0.39, 0.29) is 18.5 Å². The van der Waals surface area contributed by atoms with Gasteiger partial charge in [0.25, 0.3) is 5.91 Å². The lowest BCUT2D eigenvalue weighted by atomic mass is 9.65. The summed E-state index contributed by atoms with van der Waals surface area (Å²) in [5.74, 6) is -0.207. The average molecular weight is 415 g/mol. The van der Waals surface area contributed by atoms with Crippen molar-refractivity contribution in [1.29, 1.82) is 0 Å². The number of carbonyl (C=O) groups is 2. The summed E-state index contributed by atoms with van der Waals surface area (Å²) in [4.78, 5) is 31.9. The Morgan fingerprint density at radius 3 is 2.45 bits per heavy atom. The summed E-state index contributed by atoms with van der Waals surface area (Å²) in [5, 5.41) is 3.14. The van der Waals surface area contributed by atoms with Crippen molar-refractivity contribution in [3.8, 4) is 0 Å². The Labute approximate surface area is 182 Å². The molecule has 158 valence electrons. The predicted octanol–water partition coefficient (Wildman–Crippen LogP) is 3.75. The first-order valence-corrected chi connectivity index (χ1v) is 10.8. The molecule has 1 heterocycles. The van der Waals surface area contributed by atoms with Crippen molar-refractivity contribution in [2.24, 2.45) is 5.41 Å². The maximum Gasteiger partial charge on any atom is 0.325 e. The minimum absolute atomic E-state index is 0.207. The van der Waals surface area contributed by atoms with Gasteiger partial charge in [-0.1, -0.05) is 42.5 Å². The molecule has 1 atom stereocenters. The normalized spacial score (nSPS) is 23.4. The smallest absolute Gasteiger partial charge is 0.325 e. The van der Waals surface area contributed by atoms with E-state index >= 15 is 0 Å². The molecular formula is C25H25N3O3. The lowest BCUT2D eigenvalue weighted by Gasteiger charge is -2.42. The van der Waals surface area contributed by atoms with Crippen LogP contribution < -0.4 is 5.32 Å². The van der Waals surface area contributed by atoms with Gasteiger partial charge in [-0.05, 0) is 54.4 Å². The van der Waals surface area contributed by atoms with Gasteiger partial charge in [-0.2, -0.15) is 0 Å². The van der Waals surface area contributed by atoms with Gasteiger partial charge in [0.05, 0.1) is 19.7 Å². The molecule has 2 aromatic rings. The molecule has 0 bridgehead atoms. The quantitative estimate of drug-likeness (QED) is 0.613. The van der Waals surface area contributed by atoms with E-state index in [1.807, 2.05) is 18.2 Å². The van der Waals surface area contributed by atoms with Crippen molar-refractivity contribution in [2.75, 3.05) is 20.3 Å². The molecule has 1 N–H and O–H groups in total. The number of benzene rings is 2. The van der Waals surface area contributed by atoms with E-state index < -0.39 is 11.0 Å². The van der Waals surface area contributed by atoms with E-state index in [1.165, 1.54) is 16.0 Å². The Morgan fingerprint density at radius 2 is 1.81 bits per heavy atom. The third kappa shape index (κ3) is 2.73. The molecule has 6 nitrogen and oxygen atoms in total. The number of nitrogens with zero attached hydrogens (tertiary/aromatic N) is 2. The van der Waals surface area contributed by atoms with Crippen LogP contribution in [-0.2, 0) is 34.3 Å². The number of rotatable bonds is 3. The third-order valence-electron chi connectivity index (χ3n) is 7.44. The fourth-order valence-electron chi connectivity index (χ4n) is 5.89. The van der Waals surface area contributed by atoms with Crippen molar-refractivity contribution in [1.82, 2.24) is 10.2 Å². The van der Waals surface area contributed by atoms with Crippen molar-refractivity contribution >= 4 is 17.6 Å². The van der Waals surface area contributed by atoms with Crippen LogP contribution in [0, 0.1) is 12.0 Å². The number of ether oxygens (including phenoxy) is 1. The third-order valence-corrected chi connectivity index (χ3v) is 7.44. The largest absolute Gasteiger partial charge is 0.383 e. The Hall–Kier alpha value is -3.17. The van der Waals surface area contributed by atoms with Crippen LogP contribution in [0.25, 0.3) is 4.85 Å². The zero-order chi connectivity index (χ0) is 21.6. The number of aryl methyl sites for hydroxylation is 2. The molecule has 0 saturated carbocycles. The van der Waals surface area contributed by atoms with E-state index in [0.717, 1.165) is 43.2 Å². The van der Waals surface area contributed by atoms with E-state index in [9.17, 15) is 9.59 Å².